The predicted octanol–water partition coefficient (Wildman–Crippen LogP) is 4.44. The number of halogens is 2. The number of hydrogen-bond donors (Lipinski definition) is 0. The molecule has 2 rings (SSSR count). The van der Waals surface area contributed by atoms with Crippen LogP contribution in [-0.2, 0) is 4.74 Å². The summed E-state index contributed by atoms with van der Waals surface area (Å²) in [5.74, 6) is 0.175. The van der Waals surface area contributed by atoms with E-state index in [0.717, 1.165) is 24.8 Å². The molecule has 0 unspecified atom stereocenters. The lowest BCUT2D eigenvalue weighted by Crippen LogP contribution is -2.29. The summed E-state index contributed by atoms with van der Waals surface area (Å²) >= 11 is 0. The van der Waals surface area contributed by atoms with Gasteiger partial charge in [-0.1, -0.05) is 32.8 Å². The number of pyridine rings is 1. The molecule has 2 heterocycles. The molecule has 112 valence electrons. The van der Waals surface area contributed by atoms with Gasteiger partial charge in [-0.25, -0.2) is 4.98 Å². The molecule has 0 amide bonds. The highest BCUT2D eigenvalue weighted by molar-refractivity contribution is 5.32. The zero-order chi connectivity index (χ0) is 14.7. The maximum atomic E-state index is 12.2. The van der Waals surface area contributed by atoms with E-state index in [-0.39, 0.29) is 24.0 Å². The van der Waals surface area contributed by atoms with Gasteiger partial charge in [0, 0.05) is 12.0 Å². The second-order valence-electron chi connectivity index (χ2n) is 5.25. The fourth-order valence-corrected chi connectivity index (χ4v) is 2.70. The van der Waals surface area contributed by atoms with Gasteiger partial charge in [0.1, 0.15) is 0 Å². The van der Waals surface area contributed by atoms with Crippen LogP contribution >= 0.6 is 0 Å². The Morgan fingerprint density at radius 3 is 2.75 bits per heavy atom. The fourth-order valence-electron chi connectivity index (χ4n) is 2.70. The minimum absolute atomic E-state index is 0.0478. The van der Waals surface area contributed by atoms with E-state index in [1.165, 1.54) is 6.07 Å². The van der Waals surface area contributed by atoms with E-state index in [2.05, 4.69) is 23.6 Å². The molecule has 0 saturated heterocycles. The molecule has 1 aliphatic heterocycles. The fraction of sp³-hybridized carbons (Fsp3) is 0.667. The van der Waals surface area contributed by atoms with Gasteiger partial charge in [-0.3, -0.25) is 0 Å². The van der Waals surface area contributed by atoms with Crippen LogP contribution in [0.4, 0.5) is 8.78 Å². The van der Waals surface area contributed by atoms with Gasteiger partial charge in [0.25, 0.3) is 0 Å². The van der Waals surface area contributed by atoms with Crippen LogP contribution in [0.2, 0.25) is 0 Å². The lowest BCUT2D eigenvalue weighted by atomic mass is 9.87. The topological polar surface area (TPSA) is 31.4 Å². The molecule has 0 radical (unpaired) electrons. The molecule has 0 saturated carbocycles. The number of fused-ring (bicyclic) bond motifs is 1. The quantitative estimate of drug-likeness (QED) is 0.801. The lowest BCUT2D eigenvalue weighted by molar-refractivity contribution is -0.0562. The third kappa shape index (κ3) is 3.26. The van der Waals surface area contributed by atoms with Crippen LogP contribution in [0.5, 0.6) is 5.88 Å². The number of aromatic nitrogens is 1. The van der Waals surface area contributed by atoms with Crippen LogP contribution in [0.15, 0.2) is 12.1 Å². The maximum Gasteiger partial charge on any atom is 0.388 e. The Kier molecular flexibility index (Phi) is 4.91. The molecule has 3 nitrogen and oxygen atoms in total. The molecular weight excluding hydrogens is 264 g/mol. The summed E-state index contributed by atoms with van der Waals surface area (Å²) in [5, 5.41) is 0. The third-order valence-corrected chi connectivity index (χ3v) is 3.80. The Hall–Kier alpha value is -1.23. The summed E-state index contributed by atoms with van der Waals surface area (Å²) in [7, 11) is 0. The van der Waals surface area contributed by atoms with Crippen molar-refractivity contribution in [3.8, 4) is 5.88 Å². The predicted molar refractivity (Wildman–Crippen MR) is 72.1 cm³/mol. The van der Waals surface area contributed by atoms with Gasteiger partial charge in [-0.05, 0) is 18.9 Å². The molecule has 3 atom stereocenters. The molecule has 1 aromatic heterocycles. The van der Waals surface area contributed by atoms with E-state index in [0.29, 0.717) is 5.69 Å². The normalized spacial score (nSPS) is 25.6. The van der Waals surface area contributed by atoms with Gasteiger partial charge in [0.15, 0.2) is 0 Å². The van der Waals surface area contributed by atoms with Crippen molar-refractivity contribution in [3.63, 3.8) is 0 Å². The second kappa shape index (κ2) is 6.48. The molecule has 0 bridgehead atoms. The molecule has 0 fully saturated rings. The highest BCUT2D eigenvalue weighted by Crippen LogP contribution is 2.39. The van der Waals surface area contributed by atoms with E-state index < -0.39 is 6.61 Å². The minimum atomic E-state index is -2.85. The zero-order valence-electron chi connectivity index (χ0n) is 12.1. The molecule has 0 N–H and O–H groups in total. The summed E-state index contributed by atoms with van der Waals surface area (Å²) in [6.45, 7) is 3.30. The summed E-state index contributed by atoms with van der Waals surface area (Å²) in [5.41, 5.74) is 1.79. The number of hydrogen-bond acceptors (Lipinski definition) is 3. The number of nitrogens with zero attached hydrogens (tertiary/aromatic N) is 1. The number of unbranched alkanes of at least 4 members (excludes halogenated alkanes) is 1. The Labute approximate surface area is 118 Å². The van der Waals surface area contributed by atoms with Crippen LogP contribution in [0, 0.1) is 0 Å². The Morgan fingerprint density at radius 2 is 2.10 bits per heavy atom. The van der Waals surface area contributed by atoms with Crippen LogP contribution in [-0.4, -0.2) is 17.7 Å². The first-order chi connectivity index (χ1) is 9.52. The Morgan fingerprint density at radius 1 is 1.35 bits per heavy atom. The zero-order valence-corrected chi connectivity index (χ0v) is 12.1. The smallest absolute Gasteiger partial charge is 0.388 e. The molecule has 0 spiro atoms. The summed E-state index contributed by atoms with van der Waals surface area (Å²) < 4.78 is 34.8. The standard InChI is InChI=1S/C15H21F2NO2/c1-4-5-6-12-9(2)11-7-8-13(20-15(16)17)18-14(11)10(3)19-12/h7-10,12,15H,4-6H2,1-3H3/t9-,10+,12-/m0/s1. The van der Waals surface area contributed by atoms with Crippen molar-refractivity contribution in [1.82, 2.24) is 4.98 Å². The van der Waals surface area contributed by atoms with Crippen LogP contribution in [0.3, 0.4) is 0 Å². The number of alkyl halides is 2. The van der Waals surface area contributed by atoms with E-state index in [9.17, 15) is 8.78 Å². The van der Waals surface area contributed by atoms with Crippen LogP contribution < -0.4 is 4.74 Å². The van der Waals surface area contributed by atoms with Crippen molar-refractivity contribution in [2.45, 2.75) is 64.8 Å². The van der Waals surface area contributed by atoms with E-state index in [1.54, 1.807) is 0 Å². The van der Waals surface area contributed by atoms with Gasteiger partial charge >= 0.3 is 6.61 Å². The first-order valence-corrected chi connectivity index (χ1v) is 7.14. The van der Waals surface area contributed by atoms with E-state index in [1.807, 2.05) is 13.0 Å². The highest BCUT2D eigenvalue weighted by atomic mass is 19.3. The monoisotopic (exact) mass is 285 g/mol. The van der Waals surface area contributed by atoms with Crippen LogP contribution in [0.25, 0.3) is 0 Å². The van der Waals surface area contributed by atoms with Gasteiger partial charge < -0.3 is 9.47 Å². The van der Waals surface area contributed by atoms with Crippen molar-refractivity contribution < 1.29 is 18.3 Å². The van der Waals surface area contributed by atoms with Crippen molar-refractivity contribution in [2.75, 3.05) is 0 Å². The van der Waals surface area contributed by atoms with Gasteiger partial charge in [0.05, 0.1) is 17.9 Å². The lowest BCUT2D eigenvalue weighted by Gasteiger charge is -2.35. The average Bonchev–Trinajstić information content (AvgIpc) is 2.40. The first-order valence-electron chi connectivity index (χ1n) is 7.14. The Balaban J connectivity index is 2.21. The summed E-state index contributed by atoms with van der Waals surface area (Å²) in [6.07, 6.45) is 3.24. The first kappa shape index (κ1) is 15.2. The number of ether oxygens (including phenoxy) is 2. The molecule has 1 aromatic rings. The molecule has 20 heavy (non-hydrogen) atoms. The molecule has 1 aliphatic rings. The van der Waals surface area contributed by atoms with Gasteiger partial charge in [0.2, 0.25) is 5.88 Å². The van der Waals surface area contributed by atoms with Crippen LogP contribution in [0.1, 0.15) is 63.3 Å². The molecular formula is C15H21F2NO2. The minimum Gasteiger partial charge on any atom is -0.417 e. The van der Waals surface area contributed by atoms with Crippen molar-refractivity contribution in [1.29, 1.82) is 0 Å². The molecule has 5 heteroatoms. The maximum absolute atomic E-state index is 12.2. The number of rotatable bonds is 5. The summed E-state index contributed by atoms with van der Waals surface area (Å²) in [4.78, 5) is 4.17. The largest absolute Gasteiger partial charge is 0.417 e. The van der Waals surface area contributed by atoms with Crippen molar-refractivity contribution in [3.05, 3.63) is 23.4 Å². The second-order valence-corrected chi connectivity index (χ2v) is 5.25. The SMILES string of the molecule is CCCC[C@@H]1O[C@H](C)c2nc(OC(F)F)ccc2[C@@H]1C. The molecule has 0 aliphatic carbocycles. The van der Waals surface area contributed by atoms with E-state index in [4.69, 9.17) is 4.74 Å². The van der Waals surface area contributed by atoms with Crippen molar-refractivity contribution in [2.24, 2.45) is 0 Å². The Bertz CT molecular complexity index is 453. The van der Waals surface area contributed by atoms with Crippen molar-refractivity contribution >= 4 is 0 Å². The average molecular weight is 285 g/mol. The highest BCUT2D eigenvalue weighted by Gasteiger charge is 2.32. The summed E-state index contributed by atoms with van der Waals surface area (Å²) in [6, 6.07) is 3.35. The third-order valence-electron chi connectivity index (χ3n) is 3.80. The molecule has 0 aromatic carbocycles. The van der Waals surface area contributed by atoms with E-state index >= 15 is 0 Å². The van der Waals surface area contributed by atoms with Gasteiger partial charge in [-0.15, -0.1) is 0 Å². The van der Waals surface area contributed by atoms with Gasteiger partial charge in [-0.2, -0.15) is 8.78 Å².